The zero-order valence-corrected chi connectivity index (χ0v) is 15.4. The molecule has 2 rings (SSSR count). The Morgan fingerprint density at radius 1 is 1.05 bits per heavy atom. The van der Waals surface area contributed by atoms with Gasteiger partial charge in [-0.25, -0.2) is 0 Å². The van der Waals surface area contributed by atoms with Crippen molar-refractivity contribution in [3.63, 3.8) is 0 Å². The molecule has 1 heterocycles. The zero-order valence-electron chi connectivity index (χ0n) is 15.4. The van der Waals surface area contributed by atoms with Crippen molar-refractivity contribution in [2.75, 3.05) is 33.2 Å². The molecule has 0 aromatic rings. The molecule has 0 aromatic carbocycles. The summed E-state index contributed by atoms with van der Waals surface area (Å²) in [6.45, 7) is 11.7. The Labute approximate surface area is 138 Å². The summed E-state index contributed by atoms with van der Waals surface area (Å²) in [4.78, 5) is 5.15. The Morgan fingerprint density at radius 3 is 2.41 bits per heavy atom. The van der Waals surface area contributed by atoms with Gasteiger partial charge in [-0.3, -0.25) is 4.90 Å². The molecule has 0 radical (unpaired) electrons. The summed E-state index contributed by atoms with van der Waals surface area (Å²) in [7, 11) is 2.24. The molecule has 0 aromatic heterocycles. The van der Waals surface area contributed by atoms with E-state index in [2.05, 4.69) is 37.6 Å². The highest BCUT2D eigenvalue weighted by atomic mass is 16.5. The molecule has 1 atom stereocenters. The fourth-order valence-corrected chi connectivity index (χ4v) is 4.20. The summed E-state index contributed by atoms with van der Waals surface area (Å²) in [5.41, 5.74) is 0. The van der Waals surface area contributed by atoms with Crippen molar-refractivity contribution < 1.29 is 4.74 Å². The van der Waals surface area contributed by atoms with Gasteiger partial charge in [0, 0.05) is 25.7 Å². The minimum absolute atomic E-state index is 0.395. The SMILES string of the molecule is CC(C)O[C@H]1CC[C@H](CCCCN2CCN(C)C[C@H]2C)CC1. The fourth-order valence-electron chi connectivity index (χ4n) is 4.20. The Kier molecular flexibility index (Phi) is 7.66. The summed E-state index contributed by atoms with van der Waals surface area (Å²) >= 11 is 0. The van der Waals surface area contributed by atoms with Crippen molar-refractivity contribution in [3.05, 3.63) is 0 Å². The Balaban J connectivity index is 1.53. The molecule has 3 nitrogen and oxygen atoms in total. The lowest BCUT2D eigenvalue weighted by Crippen LogP contribution is -2.50. The van der Waals surface area contributed by atoms with Crippen LogP contribution in [0.4, 0.5) is 0 Å². The second-order valence-corrected chi connectivity index (χ2v) is 7.97. The van der Waals surface area contributed by atoms with Gasteiger partial charge in [0.05, 0.1) is 12.2 Å². The first-order chi connectivity index (χ1) is 10.5. The van der Waals surface area contributed by atoms with Crippen LogP contribution in [0, 0.1) is 5.92 Å². The first kappa shape index (κ1) is 18.2. The van der Waals surface area contributed by atoms with Crippen LogP contribution in [0.1, 0.15) is 65.7 Å². The monoisotopic (exact) mass is 310 g/mol. The number of hydrogen-bond acceptors (Lipinski definition) is 3. The molecule has 0 amide bonds. The van der Waals surface area contributed by atoms with Gasteiger partial charge in [-0.1, -0.05) is 12.8 Å². The lowest BCUT2D eigenvalue weighted by atomic mass is 9.84. The van der Waals surface area contributed by atoms with Crippen molar-refractivity contribution >= 4 is 0 Å². The maximum Gasteiger partial charge on any atom is 0.0578 e. The normalized spacial score (nSPS) is 31.8. The van der Waals surface area contributed by atoms with Gasteiger partial charge in [-0.05, 0) is 72.4 Å². The number of hydrogen-bond donors (Lipinski definition) is 0. The van der Waals surface area contributed by atoms with E-state index >= 15 is 0 Å². The number of ether oxygens (including phenoxy) is 1. The molecule has 0 spiro atoms. The Bertz CT molecular complexity index is 300. The van der Waals surface area contributed by atoms with Crippen LogP contribution in [0.3, 0.4) is 0 Å². The molecule has 2 fully saturated rings. The van der Waals surface area contributed by atoms with Crippen LogP contribution in [0.5, 0.6) is 0 Å². The van der Waals surface area contributed by atoms with Crippen LogP contribution in [0.25, 0.3) is 0 Å². The van der Waals surface area contributed by atoms with E-state index in [9.17, 15) is 0 Å². The standard InChI is InChI=1S/C19H38N2O/c1-16(2)22-19-10-8-18(9-11-19)7-5-6-12-21-14-13-20(4)15-17(21)3/h16-19H,5-15H2,1-4H3/t17-,18-,19-/m1/s1. The van der Waals surface area contributed by atoms with Crippen LogP contribution in [-0.2, 0) is 4.74 Å². The lowest BCUT2D eigenvalue weighted by Gasteiger charge is -2.38. The van der Waals surface area contributed by atoms with Gasteiger partial charge in [0.25, 0.3) is 0 Å². The number of rotatable bonds is 7. The smallest absolute Gasteiger partial charge is 0.0578 e. The van der Waals surface area contributed by atoms with Crippen molar-refractivity contribution in [1.82, 2.24) is 9.80 Å². The van der Waals surface area contributed by atoms with Gasteiger partial charge in [0.1, 0.15) is 0 Å². The highest BCUT2D eigenvalue weighted by Gasteiger charge is 2.23. The Hall–Kier alpha value is -0.120. The predicted molar refractivity (Wildman–Crippen MR) is 94.4 cm³/mol. The van der Waals surface area contributed by atoms with Crippen LogP contribution in [0.15, 0.2) is 0 Å². The third-order valence-corrected chi connectivity index (χ3v) is 5.53. The van der Waals surface area contributed by atoms with Crippen molar-refractivity contribution in [1.29, 1.82) is 0 Å². The molecule has 22 heavy (non-hydrogen) atoms. The first-order valence-electron chi connectivity index (χ1n) is 9.62. The van der Waals surface area contributed by atoms with Crippen LogP contribution in [0.2, 0.25) is 0 Å². The predicted octanol–water partition coefficient (Wildman–Crippen LogP) is 3.78. The van der Waals surface area contributed by atoms with Crippen molar-refractivity contribution in [2.45, 2.75) is 84.0 Å². The molecule has 0 bridgehead atoms. The number of unbranched alkanes of at least 4 members (excludes halogenated alkanes) is 1. The summed E-state index contributed by atoms with van der Waals surface area (Å²) in [5.74, 6) is 0.969. The fraction of sp³-hybridized carbons (Fsp3) is 1.00. The topological polar surface area (TPSA) is 15.7 Å². The van der Waals surface area contributed by atoms with E-state index in [4.69, 9.17) is 4.74 Å². The molecule has 1 aliphatic heterocycles. The van der Waals surface area contributed by atoms with Crippen molar-refractivity contribution in [3.8, 4) is 0 Å². The van der Waals surface area contributed by atoms with Gasteiger partial charge in [-0.15, -0.1) is 0 Å². The summed E-state index contributed by atoms with van der Waals surface area (Å²) in [6, 6.07) is 0.738. The minimum atomic E-state index is 0.395. The number of piperazine rings is 1. The molecular weight excluding hydrogens is 272 g/mol. The zero-order chi connectivity index (χ0) is 15.9. The van der Waals surface area contributed by atoms with Gasteiger partial charge in [-0.2, -0.15) is 0 Å². The molecule has 1 saturated heterocycles. The van der Waals surface area contributed by atoms with Gasteiger partial charge in [0.15, 0.2) is 0 Å². The highest BCUT2D eigenvalue weighted by Crippen LogP contribution is 2.30. The second-order valence-electron chi connectivity index (χ2n) is 7.97. The molecule has 1 aliphatic carbocycles. The van der Waals surface area contributed by atoms with E-state index in [0.717, 1.165) is 12.0 Å². The van der Waals surface area contributed by atoms with Gasteiger partial charge >= 0.3 is 0 Å². The molecule has 3 heteroatoms. The average molecular weight is 311 g/mol. The van der Waals surface area contributed by atoms with Crippen LogP contribution >= 0.6 is 0 Å². The van der Waals surface area contributed by atoms with E-state index in [-0.39, 0.29) is 0 Å². The minimum Gasteiger partial charge on any atom is -0.376 e. The van der Waals surface area contributed by atoms with E-state index in [1.165, 1.54) is 71.1 Å². The summed E-state index contributed by atoms with van der Waals surface area (Å²) < 4.78 is 5.95. The summed E-state index contributed by atoms with van der Waals surface area (Å²) in [5, 5.41) is 0. The van der Waals surface area contributed by atoms with Crippen LogP contribution in [-0.4, -0.2) is 61.3 Å². The molecule has 2 aliphatic rings. The Morgan fingerprint density at radius 2 is 1.77 bits per heavy atom. The first-order valence-corrected chi connectivity index (χ1v) is 9.62. The molecule has 130 valence electrons. The van der Waals surface area contributed by atoms with Gasteiger partial charge in [0.2, 0.25) is 0 Å². The third kappa shape index (κ3) is 6.17. The maximum absolute atomic E-state index is 5.95. The molecule has 0 unspecified atom stereocenters. The van der Waals surface area contributed by atoms with E-state index in [1.54, 1.807) is 0 Å². The third-order valence-electron chi connectivity index (χ3n) is 5.53. The molecule has 0 N–H and O–H groups in total. The highest BCUT2D eigenvalue weighted by molar-refractivity contribution is 4.78. The van der Waals surface area contributed by atoms with Crippen molar-refractivity contribution in [2.24, 2.45) is 5.92 Å². The quantitative estimate of drug-likeness (QED) is 0.666. The summed E-state index contributed by atoms with van der Waals surface area (Å²) in [6.07, 6.45) is 10.5. The van der Waals surface area contributed by atoms with E-state index in [1.807, 2.05) is 0 Å². The molecule has 1 saturated carbocycles. The average Bonchev–Trinajstić information content (AvgIpc) is 2.46. The van der Waals surface area contributed by atoms with Crippen LogP contribution < -0.4 is 0 Å². The second kappa shape index (κ2) is 9.24. The molecular formula is C19H38N2O. The number of nitrogens with zero attached hydrogens (tertiary/aromatic N) is 2. The van der Waals surface area contributed by atoms with E-state index in [0.29, 0.717) is 12.2 Å². The number of likely N-dealkylation sites (N-methyl/N-ethyl adjacent to an activating group) is 1. The lowest BCUT2D eigenvalue weighted by molar-refractivity contribution is -0.0204. The van der Waals surface area contributed by atoms with E-state index < -0.39 is 0 Å². The maximum atomic E-state index is 5.95. The largest absolute Gasteiger partial charge is 0.376 e. The van der Waals surface area contributed by atoms with Gasteiger partial charge < -0.3 is 9.64 Å².